The Morgan fingerprint density at radius 2 is 1.53 bits per heavy atom. The number of hydrogen-bond donors (Lipinski definition) is 1. The number of primary amides is 1. The minimum Gasteiger partial charge on any atom is -0.366 e. The molecule has 82 valence electrons. The Hall–Kier alpha value is -0.790. The molecule has 0 aromatic rings. The summed E-state index contributed by atoms with van der Waals surface area (Å²) in [6, 6.07) is 0. The van der Waals surface area contributed by atoms with Crippen molar-refractivity contribution < 1.29 is 4.79 Å². The molecule has 2 N–H and O–H groups in total. The quantitative estimate of drug-likeness (QED) is 0.690. The smallest absolute Gasteiger partial charge is 0.241 e. The molecule has 0 aromatic heterocycles. The van der Waals surface area contributed by atoms with Crippen LogP contribution in [-0.2, 0) is 4.79 Å². The molecule has 0 heterocycles. The van der Waals surface area contributed by atoms with Gasteiger partial charge in [-0.15, -0.1) is 0 Å². The van der Waals surface area contributed by atoms with Gasteiger partial charge in [0.2, 0.25) is 5.91 Å². The first-order valence-corrected chi connectivity index (χ1v) is 6.14. The Labute approximate surface area is 90.9 Å². The van der Waals surface area contributed by atoms with Gasteiger partial charge in [-0.25, -0.2) is 0 Å². The maximum atomic E-state index is 10.8. The minimum atomic E-state index is -0.286. The van der Waals surface area contributed by atoms with E-state index in [9.17, 15) is 4.79 Å². The first kappa shape index (κ1) is 9.44. The summed E-state index contributed by atoms with van der Waals surface area (Å²) in [7, 11) is 0. The number of allylic oxidation sites excluding steroid dienone is 1. The molecular formula is C13H19NO. The SMILES string of the molecule is NC(=O)C=CC12CC3CC(CC(C3)C1)C2. The van der Waals surface area contributed by atoms with Crippen LogP contribution in [0.2, 0.25) is 0 Å². The van der Waals surface area contributed by atoms with Crippen molar-refractivity contribution in [1.82, 2.24) is 0 Å². The molecule has 4 aliphatic rings. The zero-order valence-electron chi connectivity index (χ0n) is 9.11. The van der Waals surface area contributed by atoms with Gasteiger partial charge in [0.05, 0.1) is 0 Å². The third-order valence-electron chi connectivity index (χ3n) is 4.69. The van der Waals surface area contributed by atoms with E-state index in [-0.39, 0.29) is 5.91 Å². The molecule has 4 bridgehead atoms. The number of amides is 1. The van der Waals surface area contributed by atoms with Crippen LogP contribution in [0, 0.1) is 23.2 Å². The number of hydrogen-bond acceptors (Lipinski definition) is 1. The standard InChI is InChI=1S/C13H19NO/c14-12(15)1-2-13-6-9-3-10(7-13)5-11(4-9)8-13/h1-2,9-11H,3-8H2,(H2,14,15). The first-order valence-electron chi connectivity index (χ1n) is 6.14. The highest BCUT2D eigenvalue weighted by molar-refractivity contribution is 5.85. The van der Waals surface area contributed by atoms with Crippen LogP contribution >= 0.6 is 0 Å². The topological polar surface area (TPSA) is 43.1 Å². The van der Waals surface area contributed by atoms with Crippen molar-refractivity contribution in [2.24, 2.45) is 28.9 Å². The van der Waals surface area contributed by atoms with Gasteiger partial charge in [-0.05, 0) is 67.8 Å². The van der Waals surface area contributed by atoms with E-state index in [1.54, 1.807) is 6.08 Å². The van der Waals surface area contributed by atoms with Crippen molar-refractivity contribution in [3.8, 4) is 0 Å². The molecule has 0 atom stereocenters. The lowest BCUT2D eigenvalue weighted by atomic mass is 9.49. The van der Waals surface area contributed by atoms with Gasteiger partial charge in [-0.3, -0.25) is 4.79 Å². The molecule has 2 nitrogen and oxygen atoms in total. The van der Waals surface area contributed by atoms with Gasteiger partial charge < -0.3 is 5.73 Å². The van der Waals surface area contributed by atoms with Crippen LogP contribution in [0.4, 0.5) is 0 Å². The second kappa shape index (κ2) is 3.10. The van der Waals surface area contributed by atoms with Gasteiger partial charge in [0, 0.05) is 0 Å². The van der Waals surface area contributed by atoms with E-state index in [1.807, 2.05) is 0 Å². The van der Waals surface area contributed by atoms with Gasteiger partial charge in [0.1, 0.15) is 0 Å². The molecule has 1 amide bonds. The van der Waals surface area contributed by atoms with E-state index >= 15 is 0 Å². The van der Waals surface area contributed by atoms with E-state index in [2.05, 4.69) is 6.08 Å². The largest absolute Gasteiger partial charge is 0.366 e. The lowest BCUT2D eigenvalue weighted by Gasteiger charge is -2.55. The fourth-order valence-electron chi connectivity index (χ4n) is 4.64. The second-order valence-electron chi connectivity index (χ2n) is 6.02. The summed E-state index contributed by atoms with van der Waals surface area (Å²) in [5, 5.41) is 0. The summed E-state index contributed by atoms with van der Waals surface area (Å²) < 4.78 is 0. The van der Waals surface area contributed by atoms with E-state index in [0.717, 1.165) is 17.8 Å². The second-order valence-corrected chi connectivity index (χ2v) is 6.02. The van der Waals surface area contributed by atoms with Gasteiger partial charge in [0.25, 0.3) is 0 Å². The molecule has 0 spiro atoms. The summed E-state index contributed by atoms with van der Waals surface area (Å²) in [5.74, 6) is 2.53. The normalized spacial score (nSPS) is 47.6. The summed E-state index contributed by atoms with van der Waals surface area (Å²) in [6.45, 7) is 0. The van der Waals surface area contributed by atoms with Gasteiger partial charge in [0.15, 0.2) is 0 Å². The van der Waals surface area contributed by atoms with Crippen LogP contribution in [0.5, 0.6) is 0 Å². The van der Waals surface area contributed by atoms with Crippen LogP contribution in [0.1, 0.15) is 38.5 Å². The lowest BCUT2D eigenvalue weighted by Crippen LogP contribution is -2.45. The third kappa shape index (κ3) is 1.60. The van der Waals surface area contributed by atoms with Crippen LogP contribution in [0.15, 0.2) is 12.2 Å². The van der Waals surface area contributed by atoms with Gasteiger partial charge >= 0.3 is 0 Å². The van der Waals surface area contributed by atoms with Crippen LogP contribution in [0.25, 0.3) is 0 Å². The van der Waals surface area contributed by atoms with Crippen LogP contribution < -0.4 is 5.73 Å². The Kier molecular flexibility index (Phi) is 1.95. The number of nitrogens with two attached hydrogens (primary N) is 1. The fraction of sp³-hybridized carbons (Fsp3) is 0.769. The maximum Gasteiger partial charge on any atom is 0.241 e. The predicted molar refractivity (Wildman–Crippen MR) is 58.9 cm³/mol. The Bertz CT molecular complexity index is 283. The number of rotatable bonds is 2. The Morgan fingerprint density at radius 1 is 1.07 bits per heavy atom. The minimum absolute atomic E-state index is 0.286. The average Bonchev–Trinajstić information content (AvgIpc) is 2.12. The molecule has 4 aliphatic carbocycles. The number of carbonyl (C=O) groups excluding carboxylic acids is 1. The van der Waals surface area contributed by atoms with Gasteiger partial charge in [-0.1, -0.05) is 6.08 Å². The molecule has 4 saturated carbocycles. The van der Waals surface area contributed by atoms with Crippen molar-refractivity contribution in [2.75, 3.05) is 0 Å². The van der Waals surface area contributed by atoms with Gasteiger partial charge in [-0.2, -0.15) is 0 Å². The van der Waals surface area contributed by atoms with E-state index < -0.39 is 0 Å². The molecule has 0 aliphatic heterocycles. The molecule has 4 rings (SSSR count). The number of carbonyl (C=O) groups is 1. The predicted octanol–water partition coefficient (Wildman–Crippen LogP) is 2.24. The maximum absolute atomic E-state index is 10.8. The molecule has 0 unspecified atom stereocenters. The molecule has 4 fully saturated rings. The molecule has 0 radical (unpaired) electrons. The highest BCUT2D eigenvalue weighted by atomic mass is 16.1. The average molecular weight is 205 g/mol. The van der Waals surface area contributed by atoms with E-state index in [0.29, 0.717) is 5.41 Å². The summed E-state index contributed by atoms with van der Waals surface area (Å²) in [4.78, 5) is 10.8. The zero-order valence-corrected chi connectivity index (χ0v) is 9.11. The Morgan fingerprint density at radius 3 is 1.93 bits per heavy atom. The van der Waals surface area contributed by atoms with Crippen LogP contribution in [0.3, 0.4) is 0 Å². The molecule has 0 aromatic carbocycles. The van der Waals surface area contributed by atoms with E-state index in [4.69, 9.17) is 5.73 Å². The van der Waals surface area contributed by atoms with E-state index in [1.165, 1.54) is 38.5 Å². The third-order valence-corrected chi connectivity index (χ3v) is 4.69. The summed E-state index contributed by atoms with van der Waals surface area (Å²) in [5.41, 5.74) is 5.55. The summed E-state index contributed by atoms with van der Waals surface area (Å²) >= 11 is 0. The molecule has 0 saturated heterocycles. The molecular weight excluding hydrogens is 186 g/mol. The van der Waals surface area contributed by atoms with Crippen molar-refractivity contribution in [3.05, 3.63) is 12.2 Å². The van der Waals surface area contributed by atoms with Crippen molar-refractivity contribution in [2.45, 2.75) is 38.5 Å². The first-order chi connectivity index (χ1) is 7.15. The highest BCUT2D eigenvalue weighted by Crippen LogP contribution is 2.60. The monoisotopic (exact) mass is 205 g/mol. The van der Waals surface area contributed by atoms with Crippen molar-refractivity contribution >= 4 is 5.91 Å². The highest BCUT2D eigenvalue weighted by Gasteiger charge is 2.49. The van der Waals surface area contributed by atoms with Crippen LogP contribution in [-0.4, -0.2) is 5.91 Å². The lowest BCUT2D eigenvalue weighted by molar-refractivity contribution is -0.113. The van der Waals surface area contributed by atoms with Crippen molar-refractivity contribution in [3.63, 3.8) is 0 Å². The Balaban J connectivity index is 1.84. The molecule has 2 heteroatoms. The fourth-order valence-corrected chi connectivity index (χ4v) is 4.64. The molecule has 15 heavy (non-hydrogen) atoms. The zero-order chi connectivity index (χ0) is 10.5. The summed E-state index contributed by atoms with van der Waals surface area (Å²) in [6.07, 6.45) is 12.0. The van der Waals surface area contributed by atoms with Crippen molar-refractivity contribution in [1.29, 1.82) is 0 Å².